The molecule has 0 saturated carbocycles. The van der Waals surface area contributed by atoms with Crippen molar-refractivity contribution in [1.29, 1.82) is 0 Å². The van der Waals surface area contributed by atoms with Gasteiger partial charge in [-0.1, -0.05) is 28.1 Å². The summed E-state index contributed by atoms with van der Waals surface area (Å²) in [6, 6.07) is 6.01. The molecular weight excluding hydrogens is 262 g/mol. The molecule has 0 aliphatic heterocycles. The number of aryl methyl sites for hydroxylation is 1. The number of nitrogens with zero attached hydrogens (tertiary/aromatic N) is 2. The lowest BCUT2D eigenvalue weighted by molar-refractivity contribution is 1.31. The van der Waals surface area contributed by atoms with Crippen molar-refractivity contribution in [3.8, 4) is 11.4 Å². The number of nitrogens with two attached hydrogens (primary N) is 1. The largest absolute Gasteiger partial charge is 0.374 e. The lowest BCUT2D eigenvalue weighted by atomic mass is 10.1. The number of anilines is 1. The quantitative estimate of drug-likeness (QED) is 0.866. The molecule has 72 valence electrons. The van der Waals surface area contributed by atoms with Crippen LogP contribution >= 0.6 is 27.5 Å². The Balaban J connectivity index is 2.47. The van der Waals surface area contributed by atoms with E-state index in [1.165, 1.54) is 17.1 Å². The topological polar surface area (TPSA) is 51.8 Å². The predicted octanol–water partition coefficient (Wildman–Crippen LogP) is 2.86. The van der Waals surface area contributed by atoms with Crippen LogP contribution in [0.25, 0.3) is 11.4 Å². The minimum Gasteiger partial charge on any atom is -0.374 e. The summed E-state index contributed by atoms with van der Waals surface area (Å²) in [6.45, 7) is 2.04. The summed E-state index contributed by atoms with van der Waals surface area (Å²) in [4.78, 5) is 4.12. The summed E-state index contributed by atoms with van der Waals surface area (Å²) in [6.07, 6.45) is 0. The fourth-order valence-electron chi connectivity index (χ4n) is 1.08. The van der Waals surface area contributed by atoms with Gasteiger partial charge in [-0.25, -0.2) is 0 Å². The predicted molar refractivity (Wildman–Crippen MR) is 62.2 cm³/mol. The molecule has 3 nitrogen and oxygen atoms in total. The highest BCUT2D eigenvalue weighted by Crippen LogP contribution is 2.24. The van der Waals surface area contributed by atoms with Crippen molar-refractivity contribution in [3.05, 3.63) is 28.2 Å². The second kappa shape index (κ2) is 3.67. The first-order valence-corrected chi connectivity index (χ1v) is 5.59. The molecule has 0 aliphatic carbocycles. The highest BCUT2D eigenvalue weighted by molar-refractivity contribution is 9.10. The van der Waals surface area contributed by atoms with Crippen LogP contribution in [0.3, 0.4) is 0 Å². The maximum absolute atomic E-state index is 5.52. The molecule has 0 aliphatic rings. The molecule has 0 fully saturated rings. The molecule has 0 spiro atoms. The minimum atomic E-state index is 0.497. The van der Waals surface area contributed by atoms with Crippen molar-refractivity contribution >= 4 is 32.6 Å². The number of benzene rings is 1. The Hall–Kier alpha value is -0.940. The number of hydrogen-bond acceptors (Lipinski definition) is 4. The number of rotatable bonds is 1. The van der Waals surface area contributed by atoms with Crippen molar-refractivity contribution in [2.45, 2.75) is 6.92 Å². The number of halogens is 1. The molecule has 0 saturated heterocycles. The van der Waals surface area contributed by atoms with Gasteiger partial charge in [-0.05, 0) is 18.6 Å². The number of aromatic nitrogens is 2. The minimum absolute atomic E-state index is 0.497. The van der Waals surface area contributed by atoms with Crippen molar-refractivity contribution < 1.29 is 0 Å². The van der Waals surface area contributed by atoms with E-state index in [9.17, 15) is 0 Å². The van der Waals surface area contributed by atoms with Crippen LogP contribution in [0.2, 0.25) is 0 Å². The second-order valence-electron chi connectivity index (χ2n) is 2.92. The average Bonchev–Trinajstić information content (AvgIpc) is 2.57. The average molecular weight is 270 g/mol. The third-order valence-corrected chi connectivity index (χ3v) is 3.27. The van der Waals surface area contributed by atoms with Crippen LogP contribution in [0.4, 0.5) is 5.13 Å². The van der Waals surface area contributed by atoms with E-state index in [0.29, 0.717) is 11.0 Å². The number of hydrogen-bond donors (Lipinski definition) is 1. The van der Waals surface area contributed by atoms with Gasteiger partial charge in [-0.3, -0.25) is 0 Å². The molecule has 1 aromatic heterocycles. The van der Waals surface area contributed by atoms with Gasteiger partial charge in [0.1, 0.15) is 0 Å². The van der Waals surface area contributed by atoms with Crippen LogP contribution in [0.15, 0.2) is 22.7 Å². The van der Waals surface area contributed by atoms with Crippen LogP contribution in [-0.4, -0.2) is 9.36 Å². The molecule has 2 rings (SSSR count). The molecule has 0 atom stereocenters. The van der Waals surface area contributed by atoms with Crippen LogP contribution in [0.1, 0.15) is 5.56 Å². The summed E-state index contributed by atoms with van der Waals surface area (Å²) >= 11 is 4.68. The smallest absolute Gasteiger partial charge is 0.200 e. The first-order chi connectivity index (χ1) is 6.66. The van der Waals surface area contributed by atoms with E-state index in [4.69, 9.17) is 5.73 Å². The molecule has 2 aromatic rings. The van der Waals surface area contributed by atoms with E-state index >= 15 is 0 Å². The zero-order valence-electron chi connectivity index (χ0n) is 7.49. The lowest BCUT2D eigenvalue weighted by Crippen LogP contribution is -1.85. The molecule has 0 unspecified atom stereocenters. The van der Waals surface area contributed by atoms with Gasteiger partial charge < -0.3 is 5.73 Å². The van der Waals surface area contributed by atoms with Crippen LogP contribution < -0.4 is 5.73 Å². The highest BCUT2D eigenvalue weighted by atomic mass is 79.9. The van der Waals surface area contributed by atoms with E-state index in [2.05, 4.69) is 25.3 Å². The lowest BCUT2D eigenvalue weighted by Gasteiger charge is -1.99. The fourth-order valence-corrected chi connectivity index (χ4v) is 1.92. The Kier molecular flexibility index (Phi) is 2.52. The first-order valence-electron chi connectivity index (χ1n) is 4.02. The van der Waals surface area contributed by atoms with E-state index in [1.54, 1.807) is 0 Å². The van der Waals surface area contributed by atoms with E-state index in [1.807, 2.05) is 25.1 Å². The Morgan fingerprint density at radius 2 is 2.21 bits per heavy atom. The molecule has 14 heavy (non-hydrogen) atoms. The van der Waals surface area contributed by atoms with Gasteiger partial charge in [0.05, 0.1) is 0 Å². The molecule has 5 heteroatoms. The maximum Gasteiger partial charge on any atom is 0.200 e. The second-order valence-corrected chi connectivity index (χ2v) is 4.56. The van der Waals surface area contributed by atoms with Gasteiger partial charge in [0.25, 0.3) is 0 Å². The van der Waals surface area contributed by atoms with Crippen molar-refractivity contribution in [2.75, 3.05) is 5.73 Å². The molecular formula is C9H8BrN3S. The molecule has 0 radical (unpaired) electrons. The summed E-state index contributed by atoms with van der Waals surface area (Å²) in [7, 11) is 0. The van der Waals surface area contributed by atoms with Crippen molar-refractivity contribution in [3.63, 3.8) is 0 Å². The van der Waals surface area contributed by atoms with Gasteiger partial charge in [0, 0.05) is 21.6 Å². The zero-order valence-corrected chi connectivity index (χ0v) is 9.89. The summed E-state index contributed by atoms with van der Waals surface area (Å²) < 4.78 is 5.20. The third kappa shape index (κ3) is 1.78. The molecule has 2 N–H and O–H groups in total. The van der Waals surface area contributed by atoms with Gasteiger partial charge in [0.2, 0.25) is 0 Å². The highest BCUT2D eigenvalue weighted by Gasteiger charge is 2.05. The fraction of sp³-hybridized carbons (Fsp3) is 0.111. The van der Waals surface area contributed by atoms with E-state index < -0.39 is 0 Å². The van der Waals surface area contributed by atoms with E-state index in [-0.39, 0.29) is 0 Å². The van der Waals surface area contributed by atoms with Crippen LogP contribution in [-0.2, 0) is 0 Å². The number of nitrogen functional groups attached to an aromatic ring is 1. The van der Waals surface area contributed by atoms with Crippen molar-refractivity contribution in [1.82, 2.24) is 9.36 Å². The van der Waals surface area contributed by atoms with Gasteiger partial charge in [-0.2, -0.15) is 9.36 Å². The Morgan fingerprint density at radius 3 is 2.79 bits per heavy atom. The summed E-state index contributed by atoms with van der Waals surface area (Å²) in [5.74, 6) is 0.688. The SMILES string of the molecule is Cc1ccc(-c2nsc(N)n2)cc1Br. The third-order valence-electron chi connectivity index (χ3n) is 1.87. The van der Waals surface area contributed by atoms with Gasteiger partial charge >= 0.3 is 0 Å². The van der Waals surface area contributed by atoms with Crippen LogP contribution in [0.5, 0.6) is 0 Å². The normalized spacial score (nSPS) is 10.4. The Labute approximate surface area is 94.3 Å². The molecule has 1 aromatic carbocycles. The molecule has 0 bridgehead atoms. The van der Waals surface area contributed by atoms with Crippen LogP contribution in [0, 0.1) is 6.92 Å². The first kappa shape index (κ1) is 9.61. The molecule has 0 amide bonds. The van der Waals surface area contributed by atoms with Crippen molar-refractivity contribution in [2.24, 2.45) is 0 Å². The van der Waals surface area contributed by atoms with Gasteiger partial charge in [-0.15, -0.1) is 0 Å². The maximum atomic E-state index is 5.52. The zero-order chi connectivity index (χ0) is 10.1. The Morgan fingerprint density at radius 1 is 1.43 bits per heavy atom. The van der Waals surface area contributed by atoms with Gasteiger partial charge in [0.15, 0.2) is 11.0 Å². The van der Waals surface area contributed by atoms with E-state index in [0.717, 1.165) is 10.0 Å². The standard InChI is InChI=1S/C9H8BrN3S/c1-5-2-3-6(4-7(5)10)8-12-9(11)14-13-8/h2-4H,1H3,(H2,11,12,13). The Bertz CT molecular complexity index is 467. The summed E-state index contributed by atoms with van der Waals surface area (Å²) in [5.41, 5.74) is 7.69. The monoisotopic (exact) mass is 269 g/mol. The summed E-state index contributed by atoms with van der Waals surface area (Å²) in [5, 5.41) is 0.497. The molecule has 1 heterocycles.